The average molecular weight is 222 g/mol. The third-order valence-corrected chi connectivity index (χ3v) is 3.90. The Kier molecular flexibility index (Phi) is 8.87. The molecule has 0 saturated carbocycles. The standard InChI is InChI=1S/C9H18O2S2/c1-4-11-8(10)7-9(12-5-2)13-6-3/h9H,4-7H2,1-3H3. The maximum atomic E-state index is 11.2. The zero-order chi connectivity index (χ0) is 10.1. The van der Waals surface area contributed by atoms with Crippen molar-refractivity contribution in [3.05, 3.63) is 0 Å². The van der Waals surface area contributed by atoms with Gasteiger partial charge in [-0.15, -0.1) is 23.5 Å². The molecule has 0 saturated heterocycles. The van der Waals surface area contributed by atoms with E-state index in [4.69, 9.17) is 4.74 Å². The molecule has 78 valence electrons. The maximum absolute atomic E-state index is 11.2. The molecule has 0 radical (unpaired) electrons. The highest BCUT2D eigenvalue weighted by Crippen LogP contribution is 2.26. The monoisotopic (exact) mass is 222 g/mol. The van der Waals surface area contributed by atoms with E-state index in [9.17, 15) is 4.79 Å². The minimum atomic E-state index is -0.0746. The smallest absolute Gasteiger partial charge is 0.307 e. The fraction of sp³-hybridized carbons (Fsp3) is 0.889. The molecule has 0 aromatic heterocycles. The molecular weight excluding hydrogens is 204 g/mol. The van der Waals surface area contributed by atoms with Gasteiger partial charge in [0.2, 0.25) is 0 Å². The van der Waals surface area contributed by atoms with Gasteiger partial charge >= 0.3 is 5.97 Å². The summed E-state index contributed by atoms with van der Waals surface area (Å²) in [4.78, 5) is 11.2. The van der Waals surface area contributed by atoms with Crippen molar-refractivity contribution in [2.45, 2.75) is 31.8 Å². The highest BCUT2D eigenvalue weighted by Gasteiger charge is 2.13. The minimum absolute atomic E-state index is 0.0746. The van der Waals surface area contributed by atoms with E-state index >= 15 is 0 Å². The van der Waals surface area contributed by atoms with Gasteiger partial charge in [0.05, 0.1) is 17.6 Å². The van der Waals surface area contributed by atoms with Gasteiger partial charge in [-0.05, 0) is 18.4 Å². The molecule has 13 heavy (non-hydrogen) atoms. The Morgan fingerprint density at radius 2 is 1.77 bits per heavy atom. The molecule has 2 nitrogen and oxygen atoms in total. The van der Waals surface area contributed by atoms with Crippen molar-refractivity contribution >= 4 is 29.5 Å². The van der Waals surface area contributed by atoms with Gasteiger partial charge in [-0.2, -0.15) is 0 Å². The predicted octanol–water partition coefficient (Wildman–Crippen LogP) is 2.77. The van der Waals surface area contributed by atoms with Gasteiger partial charge < -0.3 is 4.74 Å². The fourth-order valence-electron chi connectivity index (χ4n) is 0.894. The number of hydrogen-bond donors (Lipinski definition) is 0. The first kappa shape index (κ1) is 13.2. The normalized spacial score (nSPS) is 10.5. The molecule has 0 unspecified atom stereocenters. The summed E-state index contributed by atoms with van der Waals surface area (Å²) < 4.78 is 5.27. The molecule has 0 rings (SSSR count). The molecule has 0 atom stereocenters. The van der Waals surface area contributed by atoms with Crippen molar-refractivity contribution < 1.29 is 9.53 Å². The Balaban J connectivity index is 3.71. The molecule has 0 aliphatic rings. The first-order valence-corrected chi connectivity index (χ1v) is 6.73. The molecule has 0 aromatic rings. The van der Waals surface area contributed by atoms with Crippen LogP contribution in [-0.4, -0.2) is 28.7 Å². The van der Waals surface area contributed by atoms with E-state index in [-0.39, 0.29) is 5.97 Å². The fourth-order valence-corrected chi connectivity index (χ4v) is 3.35. The highest BCUT2D eigenvalue weighted by atomic mass is 32.2. The Hall–Kier alpha value is 0.170. The van der Waals surface area contributed by atoms with Crippen molar-refractivity contribution in [3.8, 4) is 0 Å². The summed E-state index contributed by atoms with van der Waals surface area (Å²) in [7, 11) is 0. The SMILES string of the molecule is CCOC(=O)CC(SCC)SCC. The van der Waals surface area contributed by atoms with Crippen LogP contribution in [0.15, 0.2) is 0 Å². The summed E-state index contributed by atoms with van der Waals surface area (Å²) in [5.74, 6) is 2.03. The first-order valence-electron chi connectivity index (χ1n) is 4.63. The van der Waals surface area contributed by atoms with Crippen LogP contribution in [-0.2, 0) is 9.53 Å². The van der Waals surface area contributed by atoms with E-state index in [0.29, 0.717) is 17.6 Å². The lowest BCUT2D eigenvalue weighted by molar-refractivity contribution is -0.142. The number of ether oxygens (including phenoxy) is 1. The van der Waals surface area contributed by atoms with Crippen LogP contribution in [0, 0.1) is 0 Å². The second kappa shape index (κ2) is 8.75. The Labute approximate surface area is 89.2 Å². The lowest BCUT2D eigenvalue weighted by atomic mass is 10.5. The molecular formula is C9H18O2S2. The van der Waals surface area contributed by atoms with Gasteiger partial charge in [-0.1, -0.05) is 13.8 Å². The van der Waals surface area contributed by atoms with Crippen LogP contribution < -0.4 is 0 Å². The van der Waals surface area contributed by atoms with E-state index in [1.54, 1.807) is 0 Å². The molecule has 0 aromatic carbocycles. The van der Waals surface area contributed by atoms with Crippen molar-refractivity contribution in [1.29, 1.82) is 0 Å². The van der Waals surface area contributed by atoms with Crippen LogP contribution in [0.5, 0.6) is 0 Å². The maximum Gasteiger partial charge on any atom is 0.307 e. The van der Waals surface area contributed by atoms with Crippen molar-refractivity contribution in [3.63, 3.8) is 0 Å². The average Bonchev–Trinajstić information content (AvgIpc) is 2.05. The number of esters is 1. The van der Waals surface area contributed by atoms with Crippen LogP contribution in [0.3, 0.4) is 0 Å². The summed E-state index contributed by atoms with van der Waals surface area (Å²) in [5, 5.41) is 0. The van der Waals surface area contributed by atoms with Crippen molar-refractivity contribution in [1.82, 2.24) is 0 Å². The van der Waals surface area contributed by atoms with Gasteiger partial charge in [0.25, 0.3) is 0 Å². The largest absolute Gasteiger partial charge is 0.466 e. The van der Waals surface area contributed by atoms with E-state index in [2.05, 4.69) is 13.8 Å². The predicted molar refractivity (Wildman–Crippen MR) is 61.3 cm³/mol. The van der Waals surface area contributed by atoms with Crippen molar-refractivity contribution in [2.75, 3.05) is 18.1 Å². The van der Waals surface area contributed by atoms with Gasteiger partial charge in [0.1, 0.15) is 0 Å². The molecule has 0 N–H and O–H groups in total. The van der Waals surface area contributed by atoms with E-state index < -0.39 is 0 Å². The molecule has 0 heterocycles. The lowest BCUT2D eigenvalue weighted by Gasteiger charge is -2.12. The van der Waals surface area contributed by atoms with Crippen LogP contribution in [0.4, 0.5) is 0 Å². The van der Waals surface area contributed by atoms with Crippen molar-refractivity contribution in [2.24, 2.45) is 0 Å². The van der Waals surface area contributed by atoms with Crippen LogP contribution >= 0.6 is 23.5 Å². The third kappa shape index (κ3) is 7.26. The van der Waals surface area contributed by atoms with Crippen LogP contribution in [0.1, 0.15) is 27.2 Å². The summed E-state index contributed by atoms with van der Waals surface area (Å²) in [6, 6.07) is 0. The second-order valence-corrected chi connectivity index (χ2v) is 5.61. The summed E-state index contributed by atoms with van der Waals surface area (Å²) >= 11 is 3.63. The molecule has 4 heteroatoms. The lowest BCUT2D eigenvalue weighted by Crippen LogP contribution is -2.11. The molecule has 0 bridgehead atoms. The summed E-state index contributed by atoms with van der Waals surface area (Å²) in [6.45, 7) is 6.55. The summed E-state index contributed by atoms with van der Waals surface area (Å²) in [6.07, 6.45) is 0.533. The van der Waals surface area contributed by atoms with Crippen LogP contribution in [0.2, 0.25) is 0 Å². The first-order chi connectivity index (χ1) is 6.24. The van der Waals surface area contributed by atoms with E-state index in [0.717, 1.165) is 11.5 Å². The zero-order valence-corrected chi connectivity index (χ0v) is 10.2. The Morgan fingerprint density at radius 1 is 1.23 bits per heavy atom. The molecule has 0 amide bonds. The number of rotatable bonds is 7. The summed E-state index contributed by atoms with van der Waals surface area (Å²) in [5.41, 5.74) is 0. The molecule has 0 aliphatic heterocycles. The number of carbonyl (C=O) groups excluding carboxylic acids is 1. The van der Waals surface area contributed by atoms with Gasteiger partial charge in [-0.25, -0.2) is 0 Å². The zero-order valence-electron chi connectivity index (χ0n) is 8.54. The van der Waals surface area contributed by atoms with Crippen LogP contribution in [0.25, 0.3) is 0 Å². The molecule has 0 spiro atoms. The van der Waals surface area contributed by atoms with E-state index in [1.807, 2.05) is 30.4 Å². The molecule has 0 fully saturated rings. The van der Waals surface area contributed by atoms with Gasteiger partial charge in [0.15, 0.2) is 0 Å². The number of hydrogen-bond acceptors (Lipinski definition) is 4. The quantitative estimate of drug-likeness (QED) is 0.489. The molecule has 0 aliphatic carbocycles. The third-order valence-electron chi connectivity index (χ3n) is 1.34. The number of thioether (sulfide) groups is 2. The van der Waals surface area contributed by atoms with Gasteiger partial charge in [0, 0.05) is 0 Å². The Morgan fingerprint density at radius 3 is 2.15 bits per heavy atom. The minimum Gasteiger partial charge on any atom is -0.466 e. The second-order valence-electron chi connectivity index (χ2n) is 2.35. The van der Waals surface area contributed by atoms with E-state index in [1.165, 1.54) is 0 Å². The Bertz CT molecular complexity index is 134. The number of carbonyl (C=O) groups is 1. The highest BCUT2D eigenvalue weighted by molar-refractivity contribution is 8.17. The topological polar surface area (TPSA) is 26.3 Å². The van der Waals surface area contributed by atoms with Gasteiger partial charge in [-0.3, -0.25) is 4.79 Å².